The van der Waals surface area contributed by atoms with Crippen LogP contribution >= 0.6 is 11.3 Å². The van der Waals surface area contributed by atoms with Crippen molar-refractivity contribution in [3.63, 3.8) is 0 Å². The van der Waals surface area contributed by atoms with Crippen LogP contribution in [0.4, 0.5) is 5.69 Å². The third-order valence-electron chi connectivity index (χ3n) is 4.74. The lowest BCUT2D eigenvalue weighted by molar-refractivity contribution is -0.142. The van der Waals surface area contributed by atoms with E-state index in [4.69, 9.17) is 9.47 Å². The number of aromatic nitrogens is 2. The number of aryl methyl sites for hydroxylation is 1. The molecule has 0 aliphatic carbocycles. The van der Waals surface area contributed by atoms with Crippen molar-refractivity contribution in [3.8, 4) is 10.4 Å². The van der Waals surface area contributed by atoms with E-state index in [1.807, 2.05) is 30.3 Å². The fraction of sp³-hybridized carbons (Fsp3) is 0.208. The largest absolute Gasteiger partial charge is 0.462 e. The molecule has 1 amide bonds. The topological polar surface area (TPSA) is 126 Å². The molecule has 3 rings (SSSR count). The number of thiophene rings is 1. The first-order valence-electron chi connectivity index (χ1n) is 10.5. The van der Waals surface area contributed by atoms with Gasteiger partial charge in [0.05, 0.1) is 17.9 Å². The number of hydrogen-bond donors (Lipinski definition) is 1. The Kier molecular flexibility index (Phi) is 8.16. The third-order valence-corrected chi connectivity index (χ3v) is 5.91. The molecule has 0 atom stereocenters. The number of rotatable bonds is 8. The predicted molar refractivity (Wildman–Crippen MR) is 131 cm³/mol. The molecule has 0 fully saturated rings. The molecule has 1 aromatic carbocycles. The average molecular weight is 498 g/mol. The van der Waals surface area contributed by atoms with Gasteiger partial charge in [-0.25, -0.2) is 14.4 Å². The molecule has 11 heteroatoms. The SMILES string of the molecule is CCOC(=O)c1sc(-c2ccccc2)cc1NC(=O)COC(=O)/C=C/c1cn(C)c(=O)n(C)c1=O. The van der Waals surface area contributed by atoms with Crippen LogP contribution < -0.4 is 16.6 Å². The summed E-state index contributed by atoms with van der Waals surface area (Å²) < 4.78 is 12.1. The highest BCUT2D eigenvalue weighted by molar-refractivity contribution is 7.18. The zero-order chi connectivity index (χ0) is 25.5. The summed E-state index contributed by atoms with van der Waals surface area (Å²) in [6, 6.07) is 11.0. The van der Waals surface area contributed by atoms with Crippen molar-refractivity contribution < 1.29 is 23.9 Å². The quantitative estimate of drug-likeness (QED) is 0.373. The van der Waals surface area contributed by atoms with Gasteiger partial charge in [0.15, 0.2) is 6.61 Å². The smallest absolute Gasteiger partial charge is 0.350 e. The number of benzene rings is 1. The second-order valence-electron chi connectivity index (χ2n) is 7.27. The number of hydrogen-bond acceptors (Lipinski definition) is 8. The summed E-state index contributed by atoms with van der Waals surface area (Å²) in [6.07, 6.45) is 3.47. The van der Waals surface area contributed by atoms with Crippen molar-refractivity contribution in [2.24, 2.45) is 14.1 Å². The van der Waals surface area contributed by atoms with Crippen LogP contribution in [0.15, 0.2) is 58.3 Å². The van der Waals surface area contributed by atoms with Crippen molar-refractivity contribution in [1.29, 1.82) is 0 Å². The number of esters is 2. The molecular formula is C24H23N3O7S. The standard InChI is InChI=1S/C24H23N3O7S/c1-4-33-23(31)21-17(12-18(35-21)15-8-6-5-7-9-15)25-19(28)14-34-20(29)11-10-16-13-26(2)24(32)27(3)22(16)30/h5-13H,4,14H2,1-3H3,(H,25,28)/b11-10+. The van der Waals surface area contributed by atoms with Gasteiger partial charge in [-0.15, -0.1) is 11.3 Å². The molecule has 0 spiro atoms. The second-order valence-corrected chi connectivity index (χ2v) is 8.32. The minimum atomic E-state index is -0.864. The fourth-order valence-electron chi connectivity index (χ4n) is 3.06. The Hall–Kier alpha value is -4.25. The van der Waals surface area contributed by atoms with Crippen LogP contribution in [0, 0.1) is 0 Å². The predicted octanol–water partition coefficient (Wildman–Crippen LogP) is 2.18. The van der Waals surface area contributed by atoms with Crippen LogP contribution in [-0.4, -0.2) is 40.2 Å². The van der Waals surface area contributed by atoms with Gasteiger partial charge >= 0.3 is 17.6 Å². The Balaban J connectivity index is 1.68. The first kappa shape index (κ1) is 25.4. The van der Waals surface area contributed by atoms with Crippen LogP contribution in [0.5, 0.6) is 0 Å². The Labute approximate surface area is 204 Å². The Morgan fingerprint density at radius 3 is 2.49 bits per heavy atom. The first-order chi connectivity index (χ1) is 16.7. The van der Waals surface area contributed by atoms with E-state index in [0.29, 0.717) is 0 Å². The fourth-order valence-corrected chi connectivity index (χ4v) is 4.07. The number of nitrogens with zero attached hydrogens (tertiary/aromatic N) is 2. The molecular weight excluding hydrogens is 474 g/mol. The molecule has 0 aliphatic heterocycles. The van der Waals surface area contributed by atoms with Crippen molar-refractivity contribution in [3.05, 3.63) is 79.9 Å². The van der Waals surface area contributed by atoms with Crippen molar-refractivity contribution in [1.82, 2.24) is 9.13 Å². The van der Waals surface area contributed by atoms with Crippen molar-refractivity contribution in [2.75, 3.05) is 18.5 Å². The van der Waals surface area contributed by atoms with E-state index in [2.05, 4.69) is 5.32 Å². The van der Waals surface area contributed by atoms with Crippen LogP contribution in [0.2, 0.25) is 0 Å². The van der Waals surface area contributed by atoms with E-state index in [-0.39, 0.29) is 22.7 Å². The van der Waals surface area contributed by atoms with Gasteiger partial charge in [0.1, 0.15) is 4.88 Å². The maximum atomic E-state index is 12.4. The number of amides is 1. The lowest BCUT2D eigenvalue weighted by atomic mass is 10.2. The summed E-state index contributed by atoms with van der Waals surface area (Å²) >= 11 is 1.17. The highest BCUT2D eigenvalue weighted by atomic mass is 32.1. The van der Waals surface area contributed by atoms with Crippen LogP contribution in [0.1, 0.15) is 22.2 Å². The summed E-state index contributed by atoms with van der Waals surface area (Å²) in [4.78, 5) is 61.6. The first-order valence-corrected chi connectivity index (χ1v) is 11.3. The molecule has 10 nitrogen and oxygen atoms in total. The summed E-state index contributed by atoms with van der Waals surface area (Å²) in [5.41, 5.74) is 0.134. The van der Waals surface area contributed by atoms with Gasteiger partial charge < -0.3 is 19.4 Å². The van der Waals surface area contributed by atoms with E-state index >= 15 is 0 Å². The molecule has 182 valence electrons. The minimum absolute atomic E-state index is 0.0989. The molecule has 0 aliphatic rings. The zero-order valence-corrected chi connectivity index (χ0v) is 20.1. The second kappa shape index (κ2) is 11.3. The van der Waals surface area contributed by atoms with E-state index in [1.165, 1.54) is 42.3 Å². The van der Waals surface area contributed by atoms with E-state index in [9.17, 15) is 24.0 Å². The molecule has 0 saturated carbocycles. The monoisotopic (exact) mass is 497 g/mol. The molecule has 0 bridgehead atoms. The lowest BCUT2D eigenvalue weighted by Crippen LogP contribution is -2.37. The number of ether oxygens (including phenoxy) is 2. The Morgan fingerprint density at radius 1 is 1.09 bits per heavy atom. The molecule has 0 radical (unpaired) electrons. The van der Waals surface area contributed by atoms with Gasteiger partial charge in [-0.2, -0.15) is 0 Å². The summed E-state index contributed by atoms with van der Waals surface area (Å²) in [7, 11) is 2.79. The minimum Gasteiger partial charge on any atom is -0.462 e. The third kappa shape index (κ3) is 6.21. The Morgan fingerprint density at radius 2 is 1.80 bits per heavy atom. The number of carbonyl (C=O) groups is 3. The highest BCUT2D eigenvalue weighted by Gasteiger charge is 2.20. The summed E-state index contributed by atoms with van der Waals surface area (Å²) in [5, 5.41) is 2.58. The van der Waals surface area contributed by atoms with Gasteiger partial charge in [0.2, 0.25) is 0 Å². The molecule has 2 heterocycles. The summed E-state index contributed by atoms with van der Waals surface area (Å²) in [6.45, 7) is 1.24. The molecule has 0 unspecified atom stereocenters. The van der Waals surface area contributed by atoms with Gasteiger partial charge in [-0.3, -0.25) is 14.2 Å². The summed E-state index contributed by atoms with van der Waals surface area (Å²) in [5.74, 6) is -2.10. The van der Waals surface area contributed by atoms with Gasteiger partial charge in [-0.05, 0) is 24.6 Å². The molecule has 3 aromatic rings. The van der Waals surface area contributed by atoms with Gasteiger partial charge in [-0.1, -0.05) is 30.3 Å². The molecule has 35 heavy (non-hydrogen) atoms. The molecule has 2 aromatic heterocycles. The van der Waals surface area contributed by atoms with E-state index in [1.54, 1.807) is 13.0 Å². The number of carbonyl (C=O) groups excluding carboxylic acids is 3. The number of nitrogens with one attached hydrogen (secondary N) is 1. The van der Waals surface area contributed by atoms with Gasteiger partial charge in [0, 0.05) is 31.2 Å². The maximum absolute atomic E-state index is 12.4. The van der Waals surface area contributed by atoms with Crippen molar-refractivity contribution >= 4 is 40.9 Å². The maximum Gasteiger partial charge on any atom is 0.350 e. The van der Waals surface area contributed by atoms with Crippen LogP contribution in [0.25, 0.3) is 16.5 Å². The zero-order valence-electron chi connectivity index (χ0n) is 19.3. The highest BCUT2D eigenvalue weighted by Crippen LogP contribution is 2.35. The van der Waals surface area contributed by atoms with E-state index in [0.717, 1.165) is 21.1 Å². The lowest BCUT2D eigenvalue weighted by Gasteiger charge is -2.06. The Bertz CT molecular complexity index is 1400. The van der Waals surface area contributed by atoms with Crippen molar-refractivity contribution in [2.45, 2.75) is 6.92 Å². The normalized spacial score (nSPS) is 10.8. The molecule has 1 N–H and O–H groups in total. The number of anilines is 1. The van der Waals surface area contributed by atoms with Crippen LogP contribution in [-0.2, 0) is 33.2 Å². The molecule has 0 saturated heterocycles. The average Bonchev–Trinajstić information content (AvgIpc) is 3.27. The van der Waals surface area contributed by atoms with Crippen LogP contribution in [0.3, 0.4) is 0 Å². The van der Waals surface area contributed by atoms with E-state index < -0.39 is 35.7 Å². The van der Waals surface area contributed by atoms with Gasteiger partial charge in [0.25, 0.3) is 11.5 Å².